The van der Waals surface area contributed by atoms with Gasteiger partial charge in [0.2, 0.25) is 5.88 Å². The van der Waals surface area contributed by atoms with Crippen molar-refractivity contribution in [2.24, 2.45) is 5.92 Å². The second kappa shape index (κ2) is 11.2. The Morgan fingerprint density at radius 1 is 1.15 bits per heavy atom. The summed E-state index contributed by atoms with van der Waals surface area (Å²) in [7, 11) is 1.58. The molecule has 4 rings (SSSR count). The minimum atomic E-state index is -0.150. The molecule has 2 N–H and O–H groups in total. The van der Waals surface area contributed by atoms with Gasteiger partial charge in [0.1, 0.15) is 0 Å². The maximum Gasteiger partial charge on any atom is 0.293 e. The van der Waals surface area contributed by atoms with Gasteiger partial charge in [-0.25, -0.2) is 15.0 Å². The molecule has 0 bridgehead atoms. The van der Waals surface area contributed by atoms with Crippen LogP contribution in [0.25, 0.3) is 22.3 Å². The summed E-state index contributed by atoms with van der Waals surface area (Å²) < 4.78 is 12.5. The number of methoxy groups -OCH3 is 1. The Bertz CT molecular complexity index is 1110. The minimum Gasteiger partial charge on any atom is -0.481 e. The first-order valence-corrected chi connectivity index (χ1v) is 11.6. The lowest BCUT2D eigenvalue weighted by atomic mass is 9.98. The summed E-state index contributed by atoms with van der Waals surface area (Å²) in [6.45, 7) is 6.38. The van der Waals surface area contributed by atoms with E-state index in [4.69, 9.17) is 9.47 Å². The van der Waals surface area contributed by atoms with Gasteiger partial charge in [0.25, 0.3) is 5.56 Å². The van der Waals surface area contributed by atoms with Crippen molar-refractivity contribution in [3.63, 3.8) is 0 Å². The Morgan fingerprint density at radius 3 is 2.70 bits per heavy atom. The van der Waals surface area contributed by atoms with E-state index in [-0.39, 0.29) is 5.56 Å². The third kappa shape index (κ3) is 5.66. The number of nitrogens with one attached hydrogen (secondary N) is 2. The van der Waals surface area contributed by atoms with Crippen molar-refractivity contribution in [2.75, 3.05) is 45.3 Å². The van der Waals surface area contributed by atoms with Gasteiger partial charge in [-0.15, -0.1) is 0 Å². The predicted octanol–water partition coefficient (Wildman–Crippen LogP) is 2.70. The van der Waals surface area contributed by atoms with Gasteiger partial charge >= 0.3 is 0 Å². The Balaban J connectivity index is 1.66. The number of rotatable bonds is 10. The molecular weight excluding hydrogens is 420 g/mol. The molecule has 3 aromatic rings. The van der Waals surface area contributed by atoms with Gasteiger partial charge in [0.05, 0.1) is 19.2 Å². The maximum absolute atomic E-state index is 13.4. The molecule has 0 spiro atoms. The highest BCUT2D eigenvalue weighted by atomic mass is 16.5. The molecule has 3 aromatic heterocycles. The van der Waals surface area contributed by atoms with Gasteiger partial charge in [-0.05, 0) is 50.4 Å². The van der Waals surface area contributed by atoms with Crippen LogP contribution in [0, 0.1) is 5.92 Å². The highest BCUT2D eigenvalue weighted by molar-refractivity contribution is 5.78. The molecule has 0 atom stereocenters. The van der Waals surface area contributed by atoms with Gasteiger partial charge in [0.15, 0.2) is 11.5 Å². The molecule has 1 aliphatic heterocycles. The van der Waals surface area contributed by atoms with Crippen molar-refractivity contribution < 1.29 is 9.47 Å². The van der Waals surface area contributed by atoms with Crippen LogP contribution in [-0.4, -0.2) is 59.5 Å². The summed E-state index contributed by atoms with van der Waals surface area (Å²) in [5.41, 5.74) is 2.81. The quantitative estimate of drug-likeness (QED) is 0.453. The van der Waals surface area contributed by atoms with Crippen molar-refractivity contribution in [1.29, 1.82) is 0 Å². The molecule has 33 heavy (non-hydrogen) atoms. The highest BCUT2D eigenvalue weighted by Gasteiger charge is 2.17. The van der Waals surface area contributed by atoms with E-state index in [2.05, 4.69) is 32.5 Å². The minimum absolute atomic E-state index is 0.150. The molecule has 1 saturated heterocycles. The van der Waals surface area contributed by atoms with Crippen LogP contribution >= 0.6 is 0 Å². The molecule has 9 heteroatoms. The van der Waals surface area contributed by atoms with Crippen LogP contribution in [0.15, 0.2) is 35.4 Å². The molecule has 0 amide bonds. The summed E-state index contributed by atoms with van der Waals surface area (Å²) in [5.74, 6) is 1.42. The molecule has 0 unspecified atom stereocenters. The molecule has 176 valence electrons. The lowest BCUT2D eigenvalue weighted by molar-refractivity contribution is 0.127. The Hall–Kier alpha value is -3.04. The molecule has 4 heterocycles. The number of hydrogen-bond acceptors (Lipinski definition) is 8. The smallest absolute Gasteiger partial charge is 0.293 e. The average Bonchev–Trinajstić information content (AvgIpc) is 2.87. The van der Waals surface area contributed by atoms with Gasteiger partial charge in [-0.3, -0.25) is 9.36 Å². The Kier molecular flexibility index (Phi) is 7.85. The van der Waals surface area contributed by atoms with E-state index < -0.39 is 0 Å². The first-order chi connectivity index (χ1) is 16.2. The zero-order valence-corrected chi connectivity index (χ0v) is 19.3. The standard InChI is InChI=1S/C24H32N6O3/c1-3-11-33-12-10-30-20-13-19(18-4-5-21(32-2)26-15-18)16-28-22(20)29-23(24(30)31)27-14-17-6-8-25-9-7-17/h4-5,13,15-17,25H,3,6-12,14H2,1-2H3,(H,27,28,29). The SMILES string of the molecule is CCCOCCn1c(=O)c(NCC2CCNCC2)nc2ncc(-c3ccc(OC)nc3)cc21. The monoisotopic (exact) mass is 452 g/mol. The first-order valence-electron chi connectivity index (χ1n) is 11.6. The molecule has 0 aliphatic carbocycles. The fraction of sp³-hybridized carbons (Fsp3) is 0.500. The lowest BCUT2D eigenvalue weighted by Crippen LogP contribution is -2.33. The largest absolute Gasteiger partial charge is 0.481 e. The molecule has 0 aromatic carbocycles. The summed E-state index contributed by atoms with van der Waals surface area (Å²) in [6, 6.07) is 5.66. The van der Waals surface area contributed by atoms with Crippen molar-refractivity contribution in [3.8, 4) is 17.0 Å². The molecular formula is C24H32N6O3. The van der Waals surface area contributed by atoms with E-state index in [1.54, 1.807) is 30.1 Å². The van der Waals surface area contributed by atoms with Crippen LogP contribution in [0.1, 0.15) is 26.2 Å². The molecule has 1 aliphatic rings. The fourth-order valence-electron chi connectivity index (χ4n) is 4.02. The second-order valence-electron chi connectivity index (χ2n) is 8.26. The first kappa shape index (κ1) is 23.1. The summed E-state index contributed by atoms with van der Waals surface area (Å²) in [4.78, 5) is 26.8. The van der Waals surface area contributed by atoms with Crippen LogP contribution in [0.5, 0.6) is 5.88 Å². The summed E-state index contributed by atoms with van der Waals surface area (Å²) in [6.07, 6.45) is 6.62. The number of ether oxygens (including phenoxy) is 2. The van der Waals surface area contributed by atoms with E-state index in [9.17, 15) is 4.79 Å². The van der Waals surface area contributed by atoms with Crippen LogP contribution < -0.4 is 20.9 Å². The second-order valence-corrected chi connectivity index (χ2v) is 8.26. The van der Waals surface area contributed by atoms with Gasteiger partial charge in [0, 0.05) is 49.3 Å². The summed E-state index contributed by atoms with van der Waals surface area (Å²) >= 11 is 0. The molecule has 1 fully saturated rings. The number of anilines is 1. The number of pyridine rings is 2. The fourth-order valence-corrected chi connectivity index (χ4v) is 4.02. The third-order valence-corrected chi connectivity index (χ3v) is 5.91. The summed E-state index contributed by atoms with van der Waals surface area (Å²) in [5, 5.41) is 6.67. The van der Waals surface area contributed by atoms with E-state index >= 15 is 0 Å². The number of nitrogens with zero attached hydrogens (tertiary/aromatic N) is 4. The van der Waals surface area contributed by atoms with Crippen LogP contribution in [-0.2, 0) is 11.3 Å². The Labute approximate surface area is 193 Å². The van der Waals surface area contributed by atoms with E-state index in [1.807, 2.05) is 12.1 Å². The zero-order valence-electron chi connectivity index (χ0n) is 19.3. The van der Waals surface area contributed by atoms with Crippen molar-refractivity contribution in [3.05, 3.63) is 40.9 Å². The number of fused-ring (bicyclic) bond motifs is 1. The average molecular weight is 453 g/mol. The van der Waals surface area contributed by atoms with Gasteiger partial charge < -0.3 is 20.1 Å². The van der Waals surface area contributed by atoms with Gasteiger partial charge in [-0.2, -0.15) is 0 Å². The normalized spacial score (nSPS) is 14.5. The van der Waals surface area contributed by atoms with E-state index in [0.717, 1.165) is 50.0 Å². The lowest BCUT2D eigenvalue weighted by Gasteiger charge is -2.23. The van der Waals surface area contributed by atoms with Crippen LogP contribution in [0.4, 0.5) is 5.82 Å². The van der Waals surface area contributed by atoms with Crippen LogP contribution in [0.3, 0.4) is 0 Å². The van der Waals surface area contributed by atoms with Crippen LogP contribution in [0.2, 0.25) is 0 Å². The van der Waals surface area contributed by atoms with Gasteiger partial charge in [-0.1, -0.05) is 6.92 Å². The highest BCUT2D eigenvalue weighted by Crippen LogP contribution is 2.23. The van der Waals surface area contributed by atoms with Crippen molar-refractivity contribution >= 4 is 17.0 Å². The number of hydrogen-bond donors (Lipinski definition) is 2. The van der Waals surface area contributed by atoms with E-state index in [1.165, 1.54) is 0 Å². The van der Waals surface area contributed by atoms with Crippen molar-refractivity contribution in [2.45, 2.75) is 32.7 Å². The molecule has 9 nitrogen and oxygen atoms in total. The van der Waals surface area contributed by atoms with E-state index in [0.29, 0.717) is 48.5 Å². The number of aromatic nitrogens is 4. The topological polar surface area (TPSA) is 103 Å². The molecule has 0 radical (unpaired) electrons. The Morgan fingerprint density at radius 2 is 1.97 bits per heavy atom. The molecule has 0 saturated carbocycles. The predicted molar refractivity (Wildman–Crippen MR) is 129 cm³/mol. The zero-order chi connectivity index (χ0) is 23.0. The maximum atomic E-state index is 13.4. The number of piperidine rings is 1. The van der Waals surface area contributed by atoms with Crippen molar-refractivity contribution in [1.82, 2.24) is 24.8 Å². The third-order valence-electron chi connectivity index (χ3n) is 5.91.